The average molecular weight is 432 g/mol. The quantitative estimate of drug-likeness (QED) is 0.719. The van der Waals surface area contributed by atoms with Crippen molar-refractivity contribution in [2.75, 3.05) is 45.8 Å². The SMILES string of the molecule is O=C(CN1CCN(S(=O)(=O)/C=C/c2ccccc2)CC1)N1CC[C@H]2CCCC[C@@H]2C1. The summed E-state index contributed by atoms with van der Waals surface area (Å²) in [7, 11) is -3.44. The van der Waals surface area contributed by atoms with Gasteiger partial charge in [-0.15, -0.1) is 0 Å². The number of hydrogen-bond donors (Lipinski definition) is 0. The standard InChI is InChI=1S/C23H33N3O3S/c27-23(25-12-10-21-8-4-5-9-22(21)18-25)19-24-13-15-26(16-14-24)30(28,29)17-11-20-6-2-1-3-7-20/h1-3,6-7,11,17,21-22H,4-5,8-10,12-16,18-19H2/b17-11+/t21-,22-/m1/s1. The number of sulfonamides is 1. The monoisotopic (exact) mass is 431 g/mol. The van der Waals surface area contributed by atoms with Crippen LogP contribution in [0.4, 0.5) is 0 Å². The lowest BCUT2D eigenvalue weighted by Gasteiger charge is -2.42. The zero-order valence-electron chi connectivity index (χ0n) is 17.7. The molecule has 1 aliphatic carbocycles. The first-order valence-corrected chi connectivity index (χ1v) is 12.7. The van der Waals surface area contributed by atoms with Gasteiger partial charge in [0.15, 0.2) is 0 Å². The molecule has 0 aromatic heterocycles. The van der Waals surface area contributed by atoms with Crippen molar-refractivity contribution in [1.29, 1.82) is 0 Å². The number of amides is 1. The van der Waals surface area contributed by atoms with Gasteiger partial charge in [0.2, 0.25) is 15.9 Å². The van der Waals surface area contributed by atoms with Crippen molar-refractivity contribution in [3.05, 3.63) is 41.3 Å². The van der Waals surface area contributed by atoms with Gasteiger partial charge in [0, 0.05) is 44.7 Å². The summed E-state index contributed by atoms with van der Waals surface area (Å²) in [5.74, 6) is 1.72. The van der Waals surface area contributed by atoms with Crippen molar-refractivity contribution in [3.8, 4) is 0 Å². The van der Waals surface area contributed by atoms with Gasteiger partial charge in [0.1, 0.15) is 0 Å². The lowest BCUT2D eigenvalue weighted by atomic mass is 9.75. The number of piperidine rings is 1. The maximum absolute atomic E-state index is 12.8. The number of rotatable bonds is 5. The first-order chi connectivity index (χ1) is 14.5. The fourth-order valence-corrected chi connectivity index (χ4v) is 6.25. The first-order valence-electron chi connectivity index (χ1n) is 11.2. The van der Waals surface area contributed by atoms with Crippen LogP contribution >= 0.6 is 0 Å². The number of piperazine rings is 1. The molecule has 6 nitrogen and oxygen atoms in total. The Morgan fingerprint density at radius 3 is 2.37 bits per heavy atom. The van der Waals surface area contributed by atoms with Crippen molar-refractivity contribution in [3.63, 3.8) is 0 Å². The molecule has 3 fully saturated rings. The smallest absolute Gasteiger partial charge is 0.236 e. The van der Waals surface area contributed by atoms with E-state index in [1.54, 1.807) is 6.08 Å². The van der Waals surface area contributed by atoms with Gasteiger partial charge in [-0.2, -0.15) is 4.31 Å². The second kappa shape index (κ2) is 9.62. The van der Waals surface area contributed by atoms with Crippen LogP contribution in [0.1, 0.15) is 37.7 Å². The molecule has 0 unspecified atom stereocenters. The van der Waals surface area contributed by atoms with Crippen LogP contribution in [0.15, 0.2) is 35.7 Å². The summed E-state index contributed by atoms with van der Waals surface area (Å²) >= 11 is 0. The third kappa shape index (κ3) is 5.31. The predicted octanol–water partition coefficient (Wildman–Crippen LogP) is 2.64. The molecule has 30 heavy (non-hydrogen) atoms. The molecule has 1 aromatic carbocycles. The molecule has 3 aliphatic rings. The number of carbonyl (C=O) groups is 1. The fraction of sp³-hybridized carbons (Fsp3) is 0.609. The number of benzene rings is 1. The van der Waals surface area contributed by atoms with E-state index in [9.17, 15) is 13.2 Å². The Balaban J connectivity index is 1.25. The number of carbonyl (C=O) groups excluding carboxylic acids is 1. The third-order valence-corrected chi connectivity index (χ3v) is 8.49. The molecule has 2 saturated heterocycles. The number of hydrogen-bond acceptors (Lipinski definition) is 4. The molecule has 7 heteroatoms. The van der Waals surface area contributed by atoms with Gasteiger partial charge < -0.3 is 4.90 Å². The highest BCUT2D eigenvalue weighted by atomic mass is 32.2. The van der Waals surface area contributed by atoms with Gasteiger partial charge >= 0.3 is 0 Å². The molecule has 1 aromatic rings. The average Bonchev–Trinajstić information content (AvgIpc) is 2.78. The lowest BCUT2D eigenvalue weighted by molar-refractivity contribution is -0.135. The van der Waals surface area contributed by atoms with Gasteiger partial charge in [-0.05, 0) is 36.3 Å². The van der Waals surface area contributed by atoms with E-state index in [0.29, 0.717) is 38.6 Å². The van der Waals surface area contributed by atoms with Gasteiger partial charge in [0.05, 0.1) is 6.54 Å². The molecule has 2 heterocycles. The summed E-state index contributed by atoms with van der Waals surface area (Å²) in [4.78, 5) is 17.0. The Kier molecular flexibility index (Phi) is 6.91. The van der Waals surface area contributed by atoms with Crippen molar-refractivity contribution < 1.29 is 13.2 Å². The topological polar surface area (TPSA) is 60.9 Å². The molecule has 164 valence electrons. The molecule has 1 amide bonds. The van der Waals surface area contributed by atoms with Gasteiger partial charge in [0.25, 0.3) is 0 Å². The van der Waals surface area contributed by atoms with Crippen LogP contribution in [-0.2, 0) is 14.8 Å². The minimum atomic E-state index is -3.44. The Morgan fingerprint density at radius 2 is 1.63 bits per heavy atom. The van der Waals surface area contributed by atoms with Crippen LogP contribution in [0, 0.1) is 11.8 Å². The van der Waals surface area contributed by atoms with E-state index in [4.69, 9.17) is 0 Å². The first kappa shape index (κ1) is 21.5. The summed E-state index contributed by atoms with van der Waals surface area (Å²) in [6.45, 7) is 4.28. The van der Waals surface area contributed by atoms with Crippen molar-refractivity contribution in [2.45, 2.75) is 32.1 Å². The molecule has 1 saturated carbocycles. The molecule has 0 radical (unpaired) electrons. The number of nitrogens with zero attached hydrogens (tertiary/aromatic N) is 3. The predicted molar refractivity (Wildman–Crippen MR) is 119 cm³/mol. The van der Waals surface area contributed by atoms with E-state index >= 15 is 0 Å². The molecule has 0 bridgehead atoms. The second-order valence-electron chi connectivity index (χ2n) is 8.87. The second-order valence-corrected chi connectivity index (χ2v) is 10.7. The van der Waals surface area contributed by atoms with Crippen LogP contribution in [0.25, 0.3) is 6.08 Å². The summed E-state index contributed by atoms with van der Waals surface area (Å²) in [5.41, 5.74) is 0.868. The maximum atomic E-state index is 12.8. The van der Waals surface area contributed by atoms with E-state index < -0.39 is 10.0 Å². The van der Waals surface area contributed by atoms with Crippen molar-refractivity contribution in [2.24, 2.45) is 11.8 Å². The zero-order chi connectivity index (χ0) is 21.0. The van der Waals surface area contributed by atoms with Crippen molar-refractivity contribution in [1.82, 2.24) is 14.1 Å². The molecular formula is C23H33N3O3S. The van der Waals surface area contributed by atoms with Crippen LogP contribution in [0.2, 0.25) is 0 Å². The maximum Gasteiger partial charge on any atom is 0.236 e. The Hall–Kier alpha value is -1.70. The molecule has 2 aliphatic heterocycles. The summed E-state index contributed by atoms with van der Waals surface area (Å²) in [6, 6.07) is 9.44. The van der Waals surface area contributed by atoms with Crippen LogP contribution in [0.5, 0.6) is 0 Å². The Morgan fingerprint density at radius 1 is 0.933 bits per heavy atom. The van der Waals surface area contributed by atoms with Crippen molar-refractivity contribution >= 4 is 22.0 Å². The molecule has 4 rings (SSSR count). The normalized spacial score (nSPS) is 26.6. The van der Waals surface area contributed by atoms with E-state index in [-0.39, 0.29) is 5.91 Å². The zero-order valence-corrected chi connectivity index (χ0v) is 18.5. The van der Waals surface area contributed by atoms with Gasteiger partial charge in [-0.25, -0.2) is 8.42 Å². The highest BCUT2D eigenvalue weighted by molar-refractivity contribution is 7.92. The fourth-order valence-electron chi connectivity index (χ4n) is 5.08. The Bertz CT molecular complexity index is 848. The van der Waals surface area contributed by atoms with Crippen LogP contribution in [-0.4, -0.2) is 74.2 Å². The highest BCUT2D eigenvalue weighted by Gasteiger charge is 2.34. The van der Waals surface area contributed by atoms with Crippen LogP contribution in [0.3, 0.4) is 0 Å². The summed E-state index contributed by atoms with van der Waals surface area (Å²) in [6.07, 6.45) is 8.04. The van der Waals surface area contributed by atoms with Gasteiger partial charge in [-0.3, -0.25) is 9.69 Å². The molecule has 0 N–H and O–H groups in total. The van der Waals surface area contributed by atoms with E-state index in [0.717, 1.165) is 31.0 Å². The van der Waals surface area contributed by atoms with E-state index in [1.165, 1.54) is 35.4 Å². The largest absolute Gasteiger partial charge is 0.341 e. The molecular weight excluding hydrogens is 398 g/mol. The lowest BCUT2D eigenvalue weighted by Crippen LogP contribution is -2.53. The molecule has 0 spiro atoms. The summed E-state index contributed by atoms with van der Waals surface area (Å²) in [5, 5.41) is 1.29. The number of fused-ring (bicyclic) bond motifs is 1. The molecule has 2 atom stereocenters. The third-order valence-electron chi connectivity index (χ3n) is 6.93. The van der Waals surface area contributed by atoms with Gasteiger partial charge in [-0.1, -0.05) is 49.6 Å². The van der Waals surface area contributed by atoms with E-state index in [1.807, 2.05) is 30.3 Å². The Labute approximate surface area is 180 Å². The number of likely N-dealkylation sites (tertiary alicyclic amines) is 1. The highest BCUT2D eigenvalue weighted by Crippen LogP contribution is 2.36. The van der Waals surface area contributed by atoms with E-state index in [2.05, 4.69) is 9.80 Å². The van der Waals surface area contributed by atoms with Crippen LogP contribution < -0.4 is 0 Å². The minimum Gasteiger partial charge on any atom is -0.341 e. The summed E-state index contributed by atoms with van der Waals surface area (Å²) < 4.78 is 26.7. The minimum absolute atomic E-state index is 0.208.